The van der Waals surface area contributed by atoms with Crippen LogP contribution in [-0.2, 0) is 15.8 Å². The van der Waals surface area contributed by atoms with Gasteiger partial charge in [0.1, 0.15) is 5.75 Å². The summed E-state index contributed by atoms with van der Waals surface area (Å²) in [6.45, 7) is 3.53. The number of nitrogens with zero attached hydrogens (tertiary/aromatic N) is 1. The fraction of sp³-hybridized carbons (Fsp3) is 0.400. The van der Waals surface area contributed by atoms with Crippen LogP contribution in [-0.4, -0.2) is 19.4 Å². The molecule has 0 aliphatic rings. The first-order valence-electron chi connectivity index (χ1n) is 5.13. The molecule has 0 spiro atoms. The number of primary sulfonamides is 1. The number of nitrogens with two attached hydrogens (primary N) is 1. The second-order valence-corrected chi connectivity index (χ2v) is 5.64. The maximum atomic E-state index is 11.1. The van der Waals surface area contributed by atoms with E-state index in [0.29, 0.717) is 0 Å². The van der Waals surface area contributed by atoms with Gasteiger partial charge in [0.15, 0.2) is 0 Å². The summed E-state index contributed by atoms with van der Waals surface area (Å²) in [4.78, 5) is 10.0. The van der Waals surface area contributed by atoms with Crippen LogP contribution in [0.4, 0.5) is 5.69 Å². The van der Waals surface area contributed by atoms with Crippen LogP contribution in [0.3, 0.4) is 0 Å². The van der Waals surface area contributed by atoms with Crippen molar-refractivity contribution in [1.29, 1.82) is 0 Å². The lowest BCUT2D eigenvalue weighted by atomic mass is 10.2. The van der Waals surface area contributed by atoms with Crippen molar-refractivity contribution in [2.24, 2.45) is 5.14 Å². The highest BCUT2D eigenvalue weighted by Crippen LogP contribution is 2.26. The van der Waals surface area contributed by atoms with Crippen LogP contribution in [0.25, 0.3) is 0 Å². The van der Waals surface area contributed by atoms with Crippen LogP contribution in [0.15, 0.2) is 18.2 Å². The smallest absolute Gasteiger partial charge is 0.270 e. The van der Waals surface area contributed by atoms with Crippen LogP contribution in [0.2, 0.25) is 0 Å². The largest absolute Gasteiger partial charge is 0.491 e. The lowest BCUT2D eigenvalue weighted by molar-refractivity contribution is -0.384. The third kappa shape index (κ3) is 4.30. The molecule has 0 saturated carbocycles. The average molecular weight is 274 g/mol. The standard InChI is InChI=1S/C10H14N2O5S/c1-7(2)17-10-4-3-9(12(13)14)5-8(10)6-18(11,15)16/h3-5,7H,6H2,1-2H3,(H2,11,15,16). The van der Waals surface area contributed by atoms with E-state index < -0.39 is 20.7 Å². The van der Waals surface area contributed by atoms with E-state index in [1.54, 1.807) is 13.8 Å². The van der Waals surface area contributed by atoms with Crippen molar-refractivity contribution in [3.8, 4) is 5.75 Å². The minimum Gasteiger partial charge on any atom is -0.491 e. The summed E-state index contributed by atoms with van der Waals surface area (Å²) in [6, 6.07) is 3.78. The molecule has 18 heavy (non-hydrogen) atoms. The third-order valence-corrected chi connectivity index (χ3v) is 2.69. The lowest BCUT2D eigenvalue weighted by Gasteiger charge is -2.13. The summed E-state index contributed by atoms with van der Waals surface area (Å²) in [5.74, 6) is -0.221. The molecule has 100 valence electrons. The number of ether oxygens (including phenoxy) is 1. The highest BCUT2D eigenvalue weighted by molar-refractivity contribution is 7.88. The Hall–Kier alpha value is -1.67. The number of non-ortho nitro benzene ring substituents is 1. The van der Waals surface area contributed by atoms with Crippen LogP contribution >= 0.6 is 0 Å². The van der Waals surface area contributed by atoms with E-state index in [4.69, 9.17) is 9.88 Å². The van der Waals surface area contributed by atoms with Gasteiger partial charge in [0, 0.05) is 17.7 Å². The zero-order valence-electron chi connectivity index (χ0n) is 9.99. The Bertz CT molecular complexity index is 553. The molecule has 0 saturated heterocycles. The van der Waals surface area contributed by atoms with E-state index in [0.717, 1.165) is 6.07 Å². The van der Waals surface area contributed by atoms with Crippen molar-refractivity contribution in [3.05, 3.63) is 33.9 Å². The molecule has 1 aromatic carbocycles. The maximum Gasteiger partial charge on any atom is 0.270 e. The van der Waals surface area contributed by atoms with Gasteiger partial charge in [-0.15, -0.1) is 0 Å². The van der Waals surface area contributed by atoms with E-state index in [-0.39, 0.29) is 23.1 Å². The highest BCUT2D eigenvalue weighted by Gasteiger charge is 2.16. The number of rotatable bonds is 5. The van der Waals surface area contributed by atoms with Crippen molar-refractivity contribution in [2.45, 2.75) is 25.7 Å². The Balaban J connectivity index is 3.21. The molecule has 8 heteroatoms. The van der Waals surface area contributed by atoms with Crippen LogP contribution in [0.1, 0.15) is 19.4 Å². The van der Waals surface area contributed by atoms with Gasteiger partial charge in [-0.05, 0) is 19.9 Å². The van der Waals surface area contributed by atoms with Gasteiger partial charge >= 0.3 is 0 Å². The second-order valence-electron chi connectivity index (χ2n) is 4.02. The van der Waals surface area contributed by atoms with E-state index in [1.165, 1.54) is 12.1 Å². The topological polar surface area (TPSA) is 113 Å². The Morgan fingerprint density at radius 3 is 2.50 bits per heavy atom. The first-order valence-corrected chi connectivity index (χ1v) is 6.85. The van der Waals surface area contributed by atoms with Crippen LogP contribution < -0.4 is 9.88 Å². The van der Waals surface area contributed by atoms with Gasteiger partial charge in [-0.2, -0.15) is 0 Å². The Labute approximate surface area is 105 Å². The van der Waals surface area contributed by atoms with Crippen molar-refractivity contribution < 1.29 is 18.1 Å². The first-order chi connectivity index (χ1) is 8.19. The van der Waals surface area contributed by atoms with Gasteiger partial charge in [-0.1, -0.05) is 0 Å². The van der Waals surface area contributed by atoms with Crippen LogP contribution in [0.5, 0.6) is 5.75 Å². The number of nitro benzene ring substituents is 1. The second kappa shape index (κ2) is 5.32. The Morgan fingerprint density at radius 2 is 2.06 bits per heavy atom. The van der Waals surface area contributed by atoms with Gasteiger partial charge in [-0.25, -0.2) is 13.6 Å². The number of hydrogen-bond donors (Lipinski definition) is 1. The molecule has 1 rings (SSSR count). The van der Waals surface area contributed by atoms with E-state index in [9.17, 15) is 18.5 Å². The van der Waals surface area contributed by atoms with Crippen molar-refractivity contribution in [2.75, 3.05) is 0 Å². The molecular weight excluding hydrogens is 260 g/mol. The Kier molecular flexibility index (Phi) is 4.25. The molecule has 0 unspecified atom stereocenters. The molecule has 0 atom stereocenters. The quantitative estimate of drug-likeness (QED) is 0.639. The number of hydrogen-bond acceptors (Lipinski definition) is 5. The average Bonchev–Trinajstić information content (AvgIpc) is 2.17. The molecule has 0 radical (unpaired) electrons. The maximum absolute atomic E-state index is 11.1. The van der Waals surface area contributed by atoms with E-state index in [1.807, 2.05) is 0 Å². The van der Waals surface area contributed by atoms with Crippen LogP contribution in [0, 0.1) is 10.1 Å². The van der Waals surface area contributed by atoms with Gasteiger partial charge in [-0.3, -0.25) is 10.1 Å². The molecule has 0 aliphatic carbocycles. The van der Waals surface area contributed by atoms with E-state index in [2.05, 4.69) is 0 Å². The molecule has 2 N–H and O–H groups in total. The number of benzene rings is 1. The van der Waals surface area contributed by atoms with Gasteiger partial charge < -0.3 is 4.74 Å². The zero-order chi connectivity index (χ0) is 13.9. The van der Waals surface area contributed by atoms with Crippen molar-refractivity contribution >= 4 is 15.7 Å². The molecule has 0 fully saturated rings. The number of sulfonamides is 1. The van der Waals surface area contributed by atoms with Gasteiger partial charge in [0.05, 0.1) is 16.8 Å². The van der Waals surface area contributed by atoms with Gasteiger partial charge in [0.2, 0.25) is 10.0 Å². The predicted octanol–water partition coefficient (Wildman–Crippen LogP) is 1.17. The molecular formula is C10H14N2O5S. The molecule has 0 heterocycles. The predicted molar refractivity (Wildman–Crippen MR) is 65.7 cm³/mol. The molecule has 0 amide bonds. The number of nitro groups is 1. The molecule has 7 nitrogen and oxygen atoms in total. The molecule has 0 aliphatic heterocycles. The summed E-state index contributed by atoms with van der Waals surface area (Å²) in [5, 5.41) is 15.6. The molecule has 0 aromatic heterocycles. The Morgan fingerprint density at radius 1 is 1.44 bits per heavy atom. The van der Waals surface area contributed by atoms with Gasteiger partial charge in [0.25, 0.3) is 5.69 Å². The van der Waals surface area contributed by atoms with Crippen molar-refractivity contribution in [1.82, 2.24) is 0 Å². The summed E-state index contributed by atoms with van der Waals surface area (Å²) >= 11 is 0. The molecule has 0 bridgehead atoms. The minimum atomic E-state index is -3.78. The monoisotopic (exact) mass is 274 g/mol. The first kappa shape index (κ1) is 14.4. The summed E-state index contributed by atoms with van der Waals surface area (Å²) in [6.07, 6.45) is -0.175. The summed E-state index contributed by atoms with van der Waals surface area (Å²) in [7, 11) is -3.78. The third-order valence-electron chi connectivity index (χ3n) is 1.97. The zero-order valence-corrected chi connectivity index (χ0v) is 10.8. The normalized spacial score (nSPS) is 11.6. The SMILES string of the molecule is CC(C)Oc1ccc([N+](=O)[O-])cc1CS(N)(=O)=O. The van der Waals surface area contributed by atoms with E-state index >= 15 is 0 Å². The fourth-order valence-electron chi connectivity index (χ4n) is 1.38. The lowest BCUT2D eigenvalue weighted by Crippen LogP contribution is -2.16. The van der Waals surface area contributed by atoms with Crippen molar-refractivity contribution in [3.63, 3.8) is 0 Å². The fourth-order valence-corrected chi connectivity index (χ4v) is 2.04. The summed E-state index contributed by atoms with van der Waals surface area (Å²) < 4.78 is 27.5. The minimum absolute atomic E-state index is 0.175. The summed E-state index contributed by atoms with van der Waals surface area (Å²) in [5.41, 5.74) is -0.0230. The highest BCUT2D eigenvalue weighted by atomic mass is 32.2. The molecule has 1 aromatic rings.